The van der Waals surface area contributed by atoms with Gasteiger partial charge in [-0.3, -0.25) is 4.90 Å². The molecule has 2 aromatic carbocycles. The SMILES string of the molecule is CC(C)Oc1ccccc1N1CCNCC1.CCOC(=O)C1=NOC(CBr)C1.CCOC(=O)C1=NOC(CN2CCN(c3ccccc3OC(C)C)CC2)C1. The van der Waals surface area contributed by atoms with Crippen molar-refractivity contribution in [2.24, 2.45) is 10.3 Å². The van der Waals surface area contributed by atoms with E-state index in [1.54, 1.807) is 13.8 Å². The van der Waals surface area contributed by atoms with Crippen LogP contribution in [0.2, 0.25) is 0 Å². The number of oxime groups is 2. The lowest BCUT2D eigenvalue weighted by molar-refractivity contribution is -0.136. The lowest BCUT2D eigenvalue weighted by Crippen LogP contribution is -2.48. The summed E-state index contributed by atoms with van der Waals surface area (Å²) >= 11 is 3.24. The second kappa shape index (κ2) is 23.1. The third kappa shape index (κ3) is 14.2. The standard InChI is InChI=1S/C20H29N3O4.C13H20N2O.C7H10BrNO3/c1-4-25-20(24)17-13-16(27-21-17)14-22-9-11-23(12-10-22)18-7-5-6-8-19(18)26-15(2)3;1-11(2)16-13-6-4-3-5-12(13)15-9-7-14-8-10-15;1-2-11-7(10)6-3-5(4-8)12-9-6/h5-8,15-16H,4,9-14H2,1-3H3;3-6,11,14H,7-10H2,1-2H3;5H,2-4H2,1H3. The van der Waals surface area contributed by atoms with Crippen LogP contribution in [0.1, 0.15) is 54.4 Å². The maximum atomic E-state index is 11.7. The Kier molecular flexibility index (Phi) is 18.3. The number of benzene rings is 2. The van der Waals surface area contributed by atoms with Crippen LogP contribution >= 0.6 is 15.9 Å². The Balaban J connectivity index is 0.000000203. The van der Waals surface area contributed by atoms with Crippen molar-refractivity contribution in [3.05, 3.63) is 48.5 Å². The van der Waals surface area contributed by atoms with Crippen molar-refractivity contribution in [3.63, 3.8) is 0 Å². The summed E-state index contributed by atoms with van der Waals surface area (Å²) in [5.74, 6) is 1.19. The number of carbonyl (C=O) groups is 2. The zero-order chi connectivity index (χ0) is 39.6. The molecule has 0 aromatic heterocycles. The normalized spacial score (nSPS) is 19.5. The fourth-order valence-electron chi connectivity index (χ4n) is 6.22. The van der Waals surface area contributed by atoms with Crippen molar-refractivity contribution < 1.29 is 38.2 Å². The molecule has 14 nitrogen and oxygen atoms in total. The summed E-state index contributed by atoms with van der Waals surface area (Å²) in [6, 6.07) is 16.5. The zero-order valence-electron chi connectivity index (χ0n) is 33.2. The molecule has 4 aliphatic rings. The molecular weight excluding hydrogens is 772 g/mol. The minimum Gasteiger partial charge on any atom is -0.489 e. The quantitative estimate of drug-likeness (QED) is 0.208. The number of piperazine rings is 2. The van der Waals surface area contributed by atoms with Gasteiger partial charge in [0, 0.05) is 77.1 Å². The second-order valence-corrected chi connectivity index (χ2v) is 14.5. The predicted molar refractivity (Wildman–Crippen MR) is 219 cm³/mol. The van der Waals surface area contributed by atoms with Gasteiger partial charge in [-0.1, -0.05) is 50.5 Å². The van der Waals surface area contributed by atoms with E-state index < -0.39 is 0 Å². The van der Waals surface area contributed by atoms with Crippen LogP contribution < -0.4 is 24.6 Å². The number of anilines is 2. The van der Waals surface area contributed by atoms with E-state index in [4.69, 9.17) is 28.6 Å². The van der Waals surface area contributed by atoms with Crippen LogP contribution in [0.15, 0.2) is 58.8 Å². The van der Waals surface area contributed by atoms with Crippen LogP contribution in [0.25, 0.3) is 0 Å². The number of nitrogens with one attached hydrogen (secondary N) is 1. The van der Waals surface area contributed by atoms with Gasteiger partial charge in [-0.05, 0) is 65.8 Å². The highest BCUT2D eigenvalue weighted by Crippen LogP contribution is 2.30. The van der Waals surface area contributed by atoms with Gasteiger partial charge in [0.15, 0.2) is 11.4 Å². The van der Waals surface area contributed by atoms with Gasteiger partial charge in [-0.2, -0.15) is 0 Å². The smallest absolute Gasteiger partial charge is 0.356 e. The van der Waals surface area contributed by atoms with Gasteiger partial charge >= 0.3 is 11.9 Å². The first-order valence-electron chi connectivity index (χ1n) is 19.4. The highest BCUT2D eigenvalue weighted by molar-refractivity contribution is 9.09. The average Bonchev–Trinajstić information content (AvgIpc) is 3.87. The molecule has 4 heterocycles. The minimum absolute atomic E-state index is 0.0237. The Morgan fingerprint density at radius 3 is 1.64 bits per heavy atom. The first-order chi connectivity index (χ1) is 26.6. The summed E-state index contributed by atoms with van der Waals surface area (Å²) in [6.45, 7) is 21.2. The number of halogens is 1. The van der Waals surface area contributed by atoms with E-state index in [1.807, 2.05) is 32.0 Å². The van der Waals surface area contributed by atoms with Crippen molar-refractivity contribution in [1.82, 2.24) is 10.2 Å². The number of hydrogen-bond acceptors (Lipinski definition) is 14. The second-order valence-electron chi connectivity index (χ2n) is 13.8. The van der Waals surface area contributed by atoms with Crippen LogP contribution in [-0.4, -0.2) is 130 Å². The average molecular weight is 832 g/mol. The Bertz CT molecular complexity index is 1540. The Morgan fingerprint density at radius 2 is 1.18 bits per heavy atom. The molecule has 304 valence electrons. The number of para-hydroxylation sites is 4. The molecule has 2 unspecified atom stereocenters. The molecule has 0 spiro atoms. The summed E-state index contributed by atoms with van der Waals surface area (Å²) in [6.07, 6.45) is 1.33. The monoisotopic (exact) mass is 830 g/mol. The lowest BCUT2D eigenvalue weighted by Gasteiger charge is -2.37. The maximum Gasteiger partial charge on any atom is 0.356 e. The number of rotatable bonds is 13. The van der Waals surface area contributed by atoms with Crippen molar-refractivity contribution in [2.45, 2.75) is 78.8 Å². The molecule has 1 N–H and O–H groups in total. The van der Waals surface area contributed by atoms with Gasteiger partial charge < -0.3 is 43.7 Å². The third-order valence-electron chi connectivity index (χ3n) is 8.75. The van der Waals surface area contributed by atoms with Crippen molar-refractivity contribution >= 4 is 50.7 Å². The number of carbonyl (C=O) groups excluding carboxylic acids is 2. The molecule has 15 heteroatoms. The van der Waals surface area contributed by atoms with Crippen molar-refractivity contribution in [3.8, 4) is 11.5 Å². The Labute approximate surface area is 334 Å². The molecule has 55 heavy (non-hydrogen) atoms. The number of alkyl halides is 1. The van der Waals surface area contributed by atoms with E-state index in [2.05, 4.69) is 90.4 Å². The fourth-order valence-corrected chi connectivity index (χ4v) is 6.56. The van der Waals surface area contributed by atoms with Gasteiger partial charge in [0.2, 0.25) is 0 Å². The van der Waals surface area contributed by atoms with E-state index >= 15 is 0 Å². The first kappa shape index (κ1) is 43.6. The number of hydrogen-bond donors (Lipinski definition) is 1. The number of esters is 2. The summed E-state index contributed by atoms with van der Waals surface area (Å²) in [4.78, 5) is 40.2. The van der Waals surface area contributed by atoms with Gasteiger partial charge in [-0.15, -0.1) is 0 Å². The van der Waals surface area contributed by atoms with E-state index in [0.717, 1.165) is 76.1 Å². The van der Waals surface area contributed by atoms with Crippen molar-refractivity contribution in [2.75, 3.05) is 87.2 Å². The summed E-state index contributed by atoms with van der Waals surface area (Å²) in [7, 11) is 0. The summed E-state index contributed by atoms with van der Waals surface area (Å²) in [5, 5.41) is 11.6. The minimum atomic E-state index is -0.374. The molecule has 2 fully saturated rings. The molecule has 2 saturated heterocycles. The molecule has 4 aliphatic heterocycles. The Morgan fingerprint density at radius 1 is 0.727 bits per heavy atom. The molecular formula is C40H59BrN6O8. The number of nitrogens with zero attached hydrogens (tertiary/aromatic N) is 5. The van der Waals surface area contributed by atoms with Crippen LogP contribution in [0.5, 0.6) is 11.5 Å². The molecule has 0 radical (unpaired) electrons. The van der Waals surface area contributed by atoms with E-state index in [-0.39, 0.29) is 36.4 Å². The van der Waals surface area contributed by atoms with Crippen molar-refractivity contribution in [1.29, 1.82) is 0 Å². The third-order valence-corrected chi connectivity index (χ3v) is 9.47. The molecule has 6 rings (SSSR count). The molecule has 2 atom stereocenters. The largest absolute Gasteiger partial charge is 0.489 e. The first-order valence-corrected chi connectivity index (χ1v) is 20.5. The van der Waals surface area contributed by atoms with Gasteiger partial charge in [0.25, 0.3) is 0 Å². The summed E-state index contributed by atoms with van der Waals surface area (Å²) in [5.41, 5.74) is 3.13. The fraction of sp³-hybridized carbons (Fsp3) is 0.600. The van der Waals surface area contributed by atoms with Crippen LogP contribution in [0.3, 0.4) is 0 Å². The van der Waals surface area contributed by atoms with Crippen LogP contribution in [0, 0.1) is 0 Å². The lowest BCUT2D eigenvalue weighted by atomic mass is 10.1. The molecule has 2 aromatic rings. The number of ether oxygens (including phenoxy) is 4. The molecule has 0 bridgehead atoms. The highest BCUT2D eigenvalue weighted by Gasteiger charge is 2.30. The van der Waals surface area contributed by atoms with Crippen LogP contribution in [0.4, 0.5) is 11.4 Å². The van der Waals surface area contributed by atoms with Crippen LogP contribution in [-0.2, 0) is 28.7 Å². The maximum absolute atomic E-state index is 11.7. The van der Waals surface area contributed by atoms with E-state index in [0.29, 0.717) is 42.8 Å². The highest BCUT2D eigenvalue weighted by atomic mass is 79.9. The van der Waals surface area contributed by atoms with Gasteiger partial charge in [-0.25, -0.2) is 9.59 Å². The topological polar surface area (TPSA) is 136 Å². The van der Waals surface area contributed by atoms with E-state index in [1.165, 1.54) is 5.69 Å². The molecule has 0 amide bonds. The molecule has 0 aliphatic carbocycles. The molecule has 0 saturated carbocycles. The summed E-state index contributed by atoms with van der Waals surface area (Å²) < 4.78 is 21.5. The zero-order valence-corrected chi connectivity index (χ0v) is 34.8. The Hall–Kier alpha value is -4.08. The van der Waals surface area contributed by atoms with Gasteiger partial charge in [0.05, 0.1) is 36.8 Å². The van der Waals surface area contributed by atoms with E-state index in [9.17, 15) is 9.59 Å². The predicted octanol–water partition coefficient (Wildman–Crippen LogP) is 5.28. The van der Waals surface area contributed by atoms with Gasteiger partial charge in [0.1, 0.15) is 23.7 Å².